The van der Waals surface area contributed by atoms with Crippen LogP contribution in [-0.4, -0.2) is 5.33 Å². The molecule has 4 heteroatoms. The van der Waals surface area contributed by atoms with E-state index in [0.717, 1.165) is 5.56 Å². The molecule has 1 aromatic rings. The molecule has 1 aromatic carbocycles. The van der Waals surface area contributed by atoms with Crippen molar-refractivity contribution >= 4 is 21.5 Å². The van der Waals surface area contributed by atoms with Crippen LogP contribution in [0.4, 0.5) is 0 Å². The Bertz CT molecular complexity index is 520. The fourth-order valence-electron chi connectivity index (χ4n) is 1.19. The third-order valence-corrected chi connectivity index (χ3v) is 2.58. The minimum Gasteiger partial charge on any atom is -0.192 e. The highest BCUT2D eigenvalue weighted by Gasteiger charge is 2.07. The van der Waals surface area contributed by atoms with Gasteiger partial charge in [-0.25, -0.2) is 0 Å². The van der Waals surface area contributed by atoms with Gasteiger partial charge in [-0.1, -0.05) is 28.1 Å². The van der Waals surface area contributed by atoms with Crippen molar-refractivity contribution in [2.24, 2.45) is 0 Å². The van der Waals surface area contributed by atoms with Crippen LogP contribution < -0.4 is 0 Å². The van der Waals surface area contributed by atoms with Crippen LogP contribution in [0.3, 0.4) is 0 Å². The van der Waals surface area contributed by atoms with E-state index in [0.29, 0.717) is 16.5 Å². The maximum atomic E-state index is 8.79. The number of halogens is 1. The summed E-state index contributed by atoms with van der Waals surface area (Å²) >= 11 is 3.25. The first-order valence-corrected chi connectivity index (χ1v) is 5.48. The largest absolute Gasteiger partial charge is 0.192 e. The molecule has 1 rings (SSSR count). The van der Waals surface area contributed by atoms with Crippen LogP contribution in [0, 0.1) is 34.0 Å². The Morgan fingerprint density at radius 3 is 2.00 bits per heavy atom. The molecule has 0 amide bonds. The molecule has 0 aromatic heterocycles. The second-order valence-electron chi connectivity index (χ2n) is 2.90. The van der Waals surface area contributed by atoms with Gasteiger partial charge in [-0.15, -0.1) is 0 Å². The Balaban J connectivity index is 3.28. The van der Waals surface area contributed by atoms with Gasteiger partial charge in [-0.05, 0) is 23.3 Å². The van der Waals surface area contributed by atoms with E-state index < -0.39 is 0 Å². The van der Waals surface area contributed by atoms with Gasteiger partial charge in [-0.3, -0.25) is 0 Å². The SMILES string of the molecule is N#CC(C#N)=C(CBr)c1ccc(C#N)cc1. The van der Waals surface area contributed by atoms with Gasteiger partial charge in [0.15, 0.2) is 0 Å². The summed E-state index contributed by atoms with van der Waals surface area (Å²) in [5, 5.41) is 26.6. The summed E-state index contributed by atoms with van der Waals surface area (Å²) in [5.41, 5.74) is 2.04. The highest BCUT2D eigenvalue weighted by atomic mass is 79.9. The molecular weight excluding hydrogens is 266 g/mol. The molecule has 0 spiro atoms. The molecule has 76 valence electrons. The molecule has 0 aliphatic rings. The number of nitriles is 3. The molecule has 0 atom stereocenters. The van der Waals surface area contributed by atoms with Crippen molar-refractivity contribution in [3.05, 3.63) is 41.0 Å². The fraction of sp³-hybridized carbons (Fsp3) is 0.0833. The maximum Gasteiger partial charge on any atom is 0.134 e. The first kappa shape index (κ1) is 12.0. The van der Waals surface area contributed by atoms with Crippen LogP contribution in [-0.2, 0) is 0 Å². The monoisotopic (exact) mass is 271 g/mol. The highest BCUT2D eigenvalue weighted by molar-refractivity contribution is 9.09. The third kappa shape index (κ3) is 2.48. The van der Waals surface area contributed by atoms with Crippen LogP contribution in [0.5, 0.6) is 0 Å². The summed E-state index contributed by atoms with van der Waals surface area (Å²) in [6.07, 6.45) is 0. The summed E-state index contributed by atoms with van der Waals surface area (Å²) in [4.78, 5) is 0. The number of nitrogens with zero attached hydrogens (tertiary/aromatic N) is 3. The first-order valence-electron chi connectivity index (χ1n) is 4.36. The van der Waals surface area contributed by atoms with Gasteiger partial charge in [-0.2, -0.15) is 15.8 Å². The Labute approximate surface area is 102 Å². The summed E-state index contributed by atoms with van der Waals surface area (Å²) in [6.45, 7) is 0. The van der Waals surface area contributed by atoms with Crippen molar-refractivity contribution in [2.45, 2.75) is 0 Å². The quantitative estimate of drug-likeness (QED) is 0.613. The zero-order valence-corrected chi connectivity index (χ0v) is 9.82. The van der Waals surface area contributed by atoms with Crippen LogP contribution in [0.2, 0.25) is 0 Å². The van der Waals surface area contributed by atoms with Gasteiger partial charge in [0, 0.05) is 5.33 Å². The van der Waals surface area contributed by atoms with Crippen molar-refractivity contribution in [3.63, 3.8) is 0 Å². The Kier molecular flexibility index (Phi) is 4.28. The molecule has 0 unspecified atom stereocenters. The van der Waals surface area contributed by atoms with E-state index in [1.165, 1.54) is 0 Å². The highest BCUT2D eigenvalue weighted by Crippen LogP contribution is 2.21. The predicted molar refractivity (Wildman–Crippen MR) is 63.1 cm³/mol. The molecule has 16 heavy (non-hydrogen) atoms. The Morgan fingerprint density at radius 1 is 1.06 bits per heavy atom. The minimum atomic E-state index is 0.0848. The van der Waals surface area contributed by atoms with E-state index in [4.69, 9.17) is 15.8 Å². The number of rotatable bonds is 2. The van der Waals surface area contributed by atoms with E-state index in [2.05, 4.69) is 15.9 Å². The van der Waals surface area contributed by atoms with E-state index in [1.807, 2.05) is 18.2 Å². The second kappa shape index (κ2) is 5.71. The number of hydrogen-bond donors (Lipinski definition) is 0. The van der Waals surface area contributed by atoms with E-state index >= 15 is 0 Å². The molecule has 0 saturated heterocycles. The van der Waals surface area contributed by atoms with Gasteiger partial charge in [0.1, 0.15) is 17.7 Å². The van der Waals surface area contributed by atoms with E-state index in [-0.39, 0.29) is 5.57 Å². The smallest absolute Gasteiger partial charge is 0.134 e. The van der Waals surface area contributed by atoms with Crippen molar-refractivity contribution in [3.8, 4) is 18.2 Å². The second-order valence-corrected chi connectivity index (χ2v) is 3.46. The van der Waals surface area contributed by atoms with Crippen molar-refractivity contribution in [1.82, 2.24) is 0 Å². The Morgan fingerprint density at radius 2 is 1.62 bits per heavy atom. The zero-order chi connectivity index (χ0) is 12.0. The first-order chi connectivity index (χ1) is 7.76. The number of allylic oxidation sites excluding steroid dienone is 2. The van der Waals surface area contributed by atoms with Crippen LogP contribution in [0.1, 0.15) is 11.1 Å². The zero-order valence-electron chi connectivity index (χ0n) is 8.24. The lowest BCUT2D eigenvalue weighted by Gasteiger charge is -2.03. The molecule has 0 aliphatic heterocycles. The lowest BCUT2D eigenvalue weighted by atomic mass is 10.0. The Hall–Kier alpha value is -2.09. The van der Waals surface area contributed by atoms with Crippen LogP contribution >= 0.6 is 15.9 Å². The molecular formula is C12H6BrN3. The van der Waals surface area contributed by atoms with E-state index in [1.54, 1.807) is 24.3 Å². The summed E-state index contributed by atoms with van der Waals surface area (Å²) < 4.78 is 0. The lowest BCUT2D eigenvalue weighted by Crippen LogP contribution is -1.90. The minimum absolute atomic E-state index is 0.0848. The number of hydrogen-bond acceptors (Lipinski definition) is 3. The average molecular weight is 272 g/mol. The fourth-order valence-corrected chi connectivity index (χ4v) is 1.80. The molecule has 0 saturated carbocycles. The average Bonchev–Trinajstić information content (AvgIpc) is 2.36. The van der Waals surface area contributed by atoms with Crippen LogP contribution in [0.15, 0.2) is 29.8 Å². The standard InChI is InChI=1S/C12H6BrN3/c13-5-12(11(7-15)8-16)10-3-1-9(6-14)2-4-10/h1-4H,5H2. The number of benzene rings is 1. The molecule has 0 fully saturated rings. The molecule has 0 N–H and O–H groups in total. The molecule has 3 nitrogen and oxygen atoms in total. The summed E-state index contributed by atoms with van der Waals surface area (Å²) in [7, 11) is 0. The molecule has 0 heterocycles. The van der Waals surface area contributed by atoms with Gasteiger partial charge in [0.25, 0.3) is 0 Å². The van der Waals surface area contributed by atoms with Gasteiger partial charge in [0.05, 0.1) is 11.6 Å². The molecule has 0 bridgehead atoms. The topological polar surface area (TPSA) is 71.4 Å². The van der Waals surface area contributed by atoms with Gasteiger partial charge < -0.3 is 0 Å². The van der Waals surface area contributed by atoms with Crippen molar-refractivity contribution in [1.29, 1.82) is 15.8 Å². The molecule has 0 aliphatic carbocycles. The number of alkyl halides is 1. The van der Waals surface area contributed by atoms with Gasteiger partial charge >= 0.3 is 0 Å². The third-order valence-electron chi connectivity index (χ3n) is 2.02. The molecule has 0 radical (unpaired) electrons. The lowest BCUT2D eigenvalue weighted by molar-refractivity contribution is 1.44. The summed E-state index contributed by atoms with van der Waals surface area (Å²) in [5.74, 6) is 0. The van der Waals surface area contributed by atoms with Gasteiger partial charge in [0.2, 0.25) is 0 Å². The van der Waals surface area contributed by atoms with E-state index in [9.17, 15) is 0 Å². The maximum absolute atomic E-state index is 8.79. The van der Waals surface area contributed by atoms with Crippen molar-refractivity contribution < 1.29 is 0 Å². The predicted octanol–water partition coefficient (Wildman–Crippen LogP) is 2.75. The van der Waals surface area contributed by atoms with Crippen molar-refractivity contribution in [2.75, 3.05) is 5.33 Å². The van der Waals surface area contributed by atoms with Crippen LogP contribution in [0.25, 0.3) is 5.57 Å². The normalized spacial score (nSPS) is 8.38. The summed E-state index contributed by atoms with van der Waals surface area (Å²) in [6, 6.07) is 12.5.